The van der Waals surface area contributed by atoms with E-state index in [1.807, 2.05) is 33.3 Å². The Kier molecular flexibility index (Phi) is 55.1. The van der Waals surface area contributed by atoms with E-state index in [0.717, 1.165) is 57.8 Å². The van der Waals surface area contributed by atoms with Crippen molar-refractivity contribution in [1.29, 1.82) is 0 Å². The molecule has 9 nitrogen and oxygen atoms in total. The summed E-state index contributed by atoms with van der Waals surface area (Å²) in [6.07, 6.45) is 64.6. The van der Waals surface area contributed by atoms with Crippen LogP contribution in [0.5, 0.6) is 0 Å². The van der Waals surface area contributed by atoms with Gasteiger partial charge in [-0.2, -0.15) is 0 Å². The number of hydrogen-bond donors (Lipinski definition) is 1. The maximum absolute atomic E-state index is 13.5. The minimum absolute atomic E-state index is 0.0166. The molecule has 0 aromatic rings. The van der Waals surface area contributed by atoms with Crippen molar-refractivity contribution < 1.29 is 37.3 Å². The lowest BCUT2D eigenvalue weighted by atomic mass is 10.0. The Hall–Kier alpha value is -1.25. The molecule has 0 aliphatic carbocycles. The molecule has 0 fully saturated rings. The van der Waals surface area contributed by atoms with Crippen molar-refractivity contribution in [2.24, 2.45) is 0 Å². The Morgan fingerprint density at radius 2 is 0.760 bits per heavy atom. The van der Waals surface area contributed by atoms with Crippen molar-refractivity contribution in [3.05, 3.63) is 12.2 Å². The van der Waals surface area contributed by atoms with Crippen molar-refractivity contribution in [2.75, 3.05) is 40.9 Å². The molecule has 0 bridgehead atoms. The minimum atomic E-state index is -4.69. The summed E-state index contributed by atoms with van der Waals surface area (Å²) in [6, 6.07) is -0.879. The molecule has 0 aromatic heterocycles. The van der Waals surface area contributed by atoms with Crippen molar-refractivity contribution in [3.63, 3.8) is 0 Å². The zero-order valence-corrected chi connectivity index (χ0v) is 51.9. The highest BCUT2D eigenvalue weighted by atomic mass is 31.2. The molecule has 0 saturated carbocycles. The minimum Gasteiger partial charge on any atom is -0.756 e. The summed E-state index contributed by atoms with van der Waals surface area (Å²) < 4.78 is 30.4. The van der Waals surface area contributed by atoms with E-state index in [1.165, 1.54) is 250 Å². The van der Waals surface area contributed by atoms with Crippen molar-refractivity contribution >= 4 is 19.7 Å². The van der Waals surface area contributed by atoms with Gasteiger partial charge in [-0.05, 0) is 31.8 Å². The number of nitrogens with zero attached hydrogens (tertiary/aromatic N) is 1. The number of likely N-dealkylation sites (N-methyl/N-ethyl adjacent to an activating group) is 1. The van der Waals surface area contributed by atoms with Crippen LogP contribution in [0.25, 0.3) is 0 Å². The summed E-state index contributed by atoms with van der Waals surface area (Å²) in [4.78, 5) is 40.0. The van der Waals surface area contributed by atoms with Gasteiger partial charge >= 0.3 is 5.97 Å². The fraction of sp³-hybridized carbons (Fsp3) is 0.938. The van der Waals surface area contributed by atoms with Gasteiger partial charge in [0.15, 0.2) is 0 Å². The molecule has 0 aliphatic rings. The van der Waals surface area contributed by atoms with Gasteiger partial charge in [-0.1, -0.05) is 309 Å². The summed E-state index contributed by atoms with van der Waals surface area (Å²) in [6.45, 7) is 6.91. The average Bonchev–Trinajstić information content (AvgIpc) is 3.37. The maximum atomic E-state index is 13.5. The number of unbranched alkanes of at least 4 members (excludes halogenated alkanes) is 45. The molecule has 0 radical (unpaired) electrons. The third-order valence-electron chi connectivity index (χ3n) is 15.2. The van der Waals surface area contributed by atoms with Crippen LogP contribution in [0.3, 0.4) is 0 Å². The number of ether oxygens (including phenoxy) is 1. The van der Waals surface area contributed by atoms with E-state index in [1.54, 1.807) is 0 Å². The van der Waals surface area contributed by atoms with Gasteiger partial charge in [-0.3, -0.25) is 14.2 Å². The number of nitrogens with one attached hydrogen (secondary N) is 1. The van der Waals surface area contributed by atoms with Gasteiger partial charge in [0, 0.05) is 12.8 Å². The Morgan fingerprint density at radius 3 is 1.09 bits per heavy atom. The summed E-state index contributed by atoms with van der Waals surface area (Å²) in [5.41, 5.74) is 0. The molecule has 0 heterocycles. The van der Waals surface area contributed by atoms with Crippen molar-refractivity contribution in [2.45, 2.75) is 354 Å². The van der Waals surface area contributed by atoms with Crippen LogP contribution >= 0.6 is 7.82 Å². The highest BCUT2D eigenvalue weighted by molar-refractivity contribution is 7.45. The molecule has 1 amide bonds. The Bertz CT molecular complexity index is 1290. The number of rotatable bonds is 61. The molecule has 0 rings (SSSR count). The zero-order valence-electron chi connectivity index (χ0n) is 51.0. The predicted molar refractivity (Wildman–Crippen MR) is 321 cm³/mol. The summed E-state index contributed by atoms with van der Waals surface area (Å²) in [5, 5.41) is 3.04. The highest BCUT2D eigenvalue weighted by Crippen LogP contribution is 2.38. The summed E-state index contributed by atoms with van der Waals surface area (Å²) in [5.74, 6) is -0.516. The molecule has 1 N–H and O–H groups in total. The Labute approximate surface area is 467 Å². The normalized spacial score (nSPS) is 13.6. The van der Waals surface area contributed by atoms with Crippen LogP contribution < -0.4 is 10.2 Å². The molecular formula is C65H129N2O7P. The van der Waals surface area contributed by atoms with E-state index >= 15 is 0 Å². The summed E-state index contributed by atoms with van der Waals surface area (Å²) in [7, 11) is 1.21. The SMILES string of the molecule is CCCCCCCCCCCCC/C=C\C(OC(=O)CCCCCCCCCCCCCCCCCCCCCCC)C(COP(=O)([O-])OCC[N+](C)(C)C)NC(=O)CCCCCCCCCCCCCCCCC. The molecule has 0 aromatic carbocycles. The molecule has 0 saturated heterocycles. The fourth-order valence-electron chi connectivity index (χ4n) is 10.1. The second-order valence-corrected chi connectivity index (χ2v) is 25.4. The van der Waals surface area contributed by atoms with Gasteiger partial charge in [0.25, 0.3) is 7.82 Å². The first-order chi connectivity index (χ1) is 36.4. The Balaban J connectivity index is 5.15. The van der Waals surface area contributed by atoms with Gasteiger partial charge < -0.3 is 28.5 Å². The van der Waals surface area contributed by atoms with Crippen LogP contribution in [0.2, 0.25) is 0 Å². The van der Waals surface area contributed by atoms with Crippen molar-refractivity contribution in [1.82, 2.24) is 5.32 Å². The third-order valence-corrected chi connectivity index (χ3v) is 16.2. The second-order valence-electron chi connectivity index (χ2n) is 24.0. The second kappa shape index (κ2) is 56.0. The average molecular weight is 1080 g/mol. The number of amides is 1. The first-order valence-corrected chi connectivity index (χ1v) is 34.5. The van der Waals surface area contributed by atoms with Crippen LogP contribution in [0, 0.1) is 0 Å². The van der Waals surface area contributed by atoms with E-state index in [-0.39, 0.29) is 31.5 Å². The van der Waals surface area contributed by atoms with Gasteiger partial charge in [0.1, 0.15) is 19.3 Å². The fourth-order valence-corrected chi connectivity index (χ4v) is 10.8. The topological polar surface area (TPSA) is 114 Å². The van der Waals surface area contributed by atoms with E-state index in [0.29, 0.717) is 17.4 Å². The van der Waals surface area contributed by atoms with E-state index in [2.05, 4.69) is 26.1 Å². The lowest BCUT2D eigenvalue weighted by Gasteiger charge is -2.30. The van der Waals surface area contributed by atoms with E-state index < -0.39 is 20.0 Å². The molecule has 10 heteroatoms. The van der Waals surface area contributed by atoms with Gasteiger partial charge in [0.05, 0.1) is 33.8 Å². The number of hydrogen-bond acceptors (Lipinski definition) is 7. The molecule has 3 atom stereocenters. The predicted octanol–water partition coefficient (Wildman–Crippen LogP) is 19.7. The largest absolute Gasteiger partial charge is 0.756 e. The quantitative estimate of drug-likeness (QED) is 0.0212. The lowest BCUT2D eigenvalue weighted by molar-refractivity contribution is -0.870. The number of allylic oxidation sites excluding steroid dienone is 1. The standard InChI is InChI=1S/C65H129N2O7P/c1-7-10-13-16-19-22-25-28-30-31-32-33-34-35-37-40-43-46-49-52-55-58-65(69)74-63(56-53-50-47-44-41-38-27-24-21-18-15-12-9-3)62(61-73-75(70,71)72-60-59-67(4,5)6)66-64(68)57-54-51-48-45-42-39-36-29-26-23-20-17-14-11-8-2/h53,56,62-63H,7-52,54-55,57-61H2,1-6H3,(H-,66,68,70,71)/b56-53-. The first-order valence-electron chi connectivity index (χ1n) is 33.0. The van der Waals surface area contributed by atoms with Crippen LogP contribution in [-0.4, -0.2) is 69.4 Å². The van der Waals surface area contributed by atoms with E-state index in [4.69, 9.17) is 13.8 Å². The smallest absolute Gasteiger partial charge is 0.306 e. The summed E-state index contributed by atoms with van der Waals surface area (Å²) >= 11 is 0. The maximum Gasteiger partial charge on any atom is 0.306 e. The number of carbonyl (C=O) groups excluding carboxylic acids is 2. The van der Waals surface area contributed by atoms with Crippen LogP contribution in [0.1, 0.15) is 342 Å². The number of esters is 1. The lowest BCUT2D eigenvalue weighted by Crippen LogP contribution is -2.47. The molecule has 446 valence electrons. The zero-order chi connectivity index (χ0) is 55.0. The van der Waals surface area contributed by atoms with Crippen LogP contribution in [0.15, 0.2) is 12.2 Å². The number of quaternary nitrogens is 1. The number of carbonyl (C=O) groups is 2. The molecular weight excluding hydrogens is 952 g/mol. The number of phosphoric ester groups is 1. The molecule has 75 heavy (non-hydrogen) atoms. The van der Waals surface area contributed by atoms with Crippen molar-refractivity contribution in [3.8, 4) is 0 Å². The molecule has 0 aliphatic heterocycles. The van der Waals surface area contributed by atoms with Gasteiger partial charge in [-0.15, -0.1) is 0 Å². The molecule has 0 spiro atoms. The molecule has 3 unspecified atom stereocenters. The number of phosphoric acid groups is 1. The highest BCUT2D eigenvalue weighted by Gasteiger charge is 2.27. The van der Waals surface area contributed by atoms with Crippen LogP contribution in [-0.2, 0) is 27.9 Å². The monoisotopic (exact) mass is 1080 g/mol. The Morgan fingerprint density at radius 1 is 0.453 bits per heavy atom. The first kappa shape index (κ1) is 73.8. The van der Waals surface area contributed by atoms with Crippen LogP contribution in [0.4, 0.5) is 0 Å². The van der Waals surface area contributed by atoms with Gasteiger partial charge in [-0.25, -0.2) is 0 Å². The third kappa shape index (κ3) is 57.3. The van der Waals surface area contributed by atoms with E-state index in [9.17, 15) is 19.0 Å². The van der Waals surface area contributed by atoms with Gasteiger partial charge in [0.2, 0.25) is 5.91 Å².